The van der Waals surface area contributed by atoms with E-state index in [1.807, 2.05) is 19.1 Å². The first-order valence-electron chi connectivity index (χ1n) is 6.28. The number of rotatable bonds is 7. The van der Waals surface area contributed by atoms with Gasteiger partial charge in [0.2, 0.25) is 0 Å². The molecule has 0 spiro atoms. The van der Waals surface area contributed by atoms with Gasteiger partial charge in [0.25, 0.3) is 0 Å². The van der Waals surface area contributed by atoms with Crippen LogP contribution >= 0.6 is 15.9 Å². The van der Waals surface area contributed by atoms with Crippen LogP contribution in [0.25, 0.3) is 0 Å². The normalized spacial score (nSPS) is 14.5. The summed E-state index contributed by atoms with van der Waals surface area (Å²) >= 11 is 3.27. The number of hydrogen-bond acceptors (Lipinski definition) is 2. The summed E-state index contributed by atoms with van der Waals surface area (Å²) in [5.74, 6) is -0.183. The third-order valence-corrected chi connectivity index (χ3v) is 3.41. The zero-order chi connectivity index (χ0) is 13.5. The third kappa shape index (κ3) is 4.67. The van der Waals surface area contributed by atoms with Crippen LogP contribution in [-0.2, 0) is 4.74 Å². The zero-order valence-electron chi connectivity index (χ0n) is 11.2. The Morgan fingerprint density at radius 3 is 2.72 bits per heavy atom. The molecule has 1 aromatic carbocycles. The lowest BCUT2D eigenvalue weighted by molar-refractivity contribution is 0.156. The molecule has 2 unspecified atom stereocenters. The van der Waals surface area contributed by atoms with Gasteiger partial charge in [0.1, 0.15) is 5.82 Å². The summed E-state index contributed by atoms with van der Waals surface area (Å²) < 4.78 is 19.8. The van der Waals surface area contributed by atoms with Crippen molar-refractivity contribution in [3.8, 4) is 0 Å². The molecule has 2 nitrogen and oxygen atoms in total. The average Bonchev–Trinajstić information content (AvgIpc) is 2.29. The summed E-state index contributed by atoms with van der Waals surface area (Å²) in [6.45, 7) is 4.76. The minimum Gasteiger partial charge on any atom is -0.383 e. The van der Waals surface area contributed by atoms with Crippen LogP contribution < -0.4 is 5.32 Å². The lowest BCUT2D eigenvalue weighted by Crippen LogP contribution is -2.35. The number of ether oxygens (including phenoxy) is 1. The first-order valence-corrected chi connectivity index (χ1v) is 7.07. The van der Waals surface area contributed by atoms with Crippen molar-refractivity contribution in [2.45, 2.75) is 38.8 Å². The average molecular weight is 318 g/mol. The van der Waals surface area contributed by atoms with E-state index in [1.54, 1.807) is 7.11 Å². The monoisotopic (exact) mass is 317 g/mol. The van der Waals surface area contributed by atoms with Crippen LogP contribution in [0.15, 0.2) is 22.7 Å². The topological polar surface area (TPSA) is 21.3 Å². The number of methoxy groups -OCH3 is 1. The second-order valence-corrected chi connectivity index (χ2v) is 5.41. The number of benzene rings is 1. The fraction of sp³-hybridized carbons (Fsp3) is 0.571. The van der Waals surface area contributed by atoms with Gasteiger partial charge in [0, 0.05) is 29.2 Å². The molecule has 2 atom stereocenters. The summed E-state index contributed by atoms with van der Waals surface area (Å²) in [5.41, 5.74) is 0.690. The van der Waals surface area contributed by atoms with Crippen LogP contribution in [-0.4, -0.2) is 19.8 Å². The molecule has 0 saturated carbocycles. The van der Waals surface area contributed by atoms with Crippen LogP contribution in [0.3, 0.4) is 0 Å². The van der Waals surface area contributed by atoms with Gasteiger partial charge in [-0.1, -0.05) is 35.3 Å². The fourth-order valence-corrected chi connectivity index (χ4v) is 2.39. The molecule has 1 N–H and O–H groups in total. The smallest absolute Gasteiger partial charge is 0.129 e. The molecule has 0 radical (unpaired) electrons. The van der Waals surface area contributed by atoms with Crippen LogP contribution in [0.5, 0.6) is 0 Å². The van der Waals surface area contributed by atoms with E-state index < -0.39 is 0 Å². The van der Waals surface area contributed by atoms with Gasteiger partial charge in [-0.15, -0.1) is 0 Å². The van der Waals surface area contributed by atoms with Crippen molar-refractivity contribution in [3.05, 3.63) is 34.1 Å². The van der Waals surface area contributed by atoms with E-state index in [0.29, 0.717) is 12.2 Å². The van der Waals surface area contributed by atoms with Gasteiger partial charge in [-0.3, -0.25) is 0 Å². The third-order valence-electron chi connectivity index (χ3n) is 2.92. The van der Waals surface area contributed by atoms with Crippen molar-refractivity contribution in [2.24, 2.45) is 0 Å². The van der Waals surface area contributed by atoms with E-state index in [4.69, 9.17) is 4.74 Å². The van der Waals surface area contributed by atoms with Gasteiger partial charge in [-0.05, 0) is 25.5 Å². The highest BCUT2D eigenvalue weighted by atomic mass is 79.9. The lowest BCUT2D eigenvalue weighted by atomic mass is 10.1. The Hall–Kier alpha value is -0.450. The van der Waals surface area contributed by atoms with E-state index >= 15 is 0 Å². The molecule has 0 aromatic heterocycles. The molecule has 0 bridgehead atoms. The number of nitrogens with one attached hydrogen (secondary N) is 1. The Morgan fingerprint density at radius 1 is 1.44 bits per heavy atom. The number of halogens is 2. The van der Waals surface area contributed by atoms with Crippen molar-refractivity contribution < 1.29 is 9.13 Å². The first kappa shape index (κ1) is 15.6. The van der Waals surface area contributed by atoms with Crippen LogP contribution in [0.1, 0.15) is 38.3 Å². The summed E-state index contributed by atoms with van der Waals surface area (Å²) in [7, 11) is 1.69. The minimum absolute atomic E-state index is 0.0233. The Balaban J connectivity index is 2.70. The molecule has 0 fully saturated rings. The maximum atomic E-state index is 13.8. The Labute approximate surface area is 117 Å². The molecule has 1 rings (SSSR count). The van der Waals surface area contributed by atoms with E-state index in [-0.39, 0.29) is 17.9 Å². The van der Waals surface area contributed by atoms with Gasteiger partial charge < -0.3 is 10.1 Å². The standard InChI is InChI=1S/C14H21BrFNO/c1-4-5-12(9-18-3)17-10(2)13-7-6-11(15)8-14(13)16/h6-8,10,12,17H,4-5,9H2,1-3H3. The zero-order valence-corrected chi connectivity index (χ0v) is 12.8. The van der Waals surface area contributed by atoms with Crippen LogP contribution in [0.4, 0.5) is 4.39 Å². The first-order chi connectivity index (χ1) is 8.58. The second kappa shape index (κ2) is 7.87. The SMILES string of the molecule is CCCC(COC)NC(C)c1ccc(Br)cc1F. The summed E-state index contributed by atoms with van der Waals surface area (Å²) in [5, 5.41) is 3.42. The van der Waals surface area contributed by atoms with E-state index in [0.717, 1.165) is 17.3 Å². The summed E-state index contributed by atoms with van der Waals surface area (Å²) in [6, 6.07) is 5.41. The van der Waals surface area contributed by atoms with Crippen molar-refractivity contribution in [3.63, 3.8) is 0 Å². The molecule has 0 aliphatic heterocycles. The predicted octanol–water partition coefficient (Wildman–Crippen LogP) is 4.05. The molecule has 1 aromatic rings. The second-order valence-electron chi connectivity index (χ2n) is 4.50. The van der Waals surface area contributed by atoms with E-state index in [9.17, 15) is 4.39 Å². The van der Waals surface area contributed by atoms with Crippen LogP contribution in [0.2, 0.25) is 0 Å². The Morgan fingerprint density at radius 2 is 2.17 bits per heavy atom. The highest BCUT2D eigenvalue weighted by Gasteiger charge is 2.15. The van der Waals surface area contributed by atoms with Gasteiger partial charge in [0.15, 0.2) is 0 Å². The molecule has 0 amide bonds. The quantitative estimate of drug-likeness (QED) is 0.819. The molecular weight excluding hydrogens is 297 g/mol. The molecule has 0 aliphatic carbocycles. The minimum atomic E-state index is -0.183. The van der Waals surface area contributed by atoms with E-state index in [1.165, 1.54) is 6.07 Å². The van der Waals surface area contributed by atoms with Crippen molar-refractivity contribution in [1.29, 1.82) is 0 Å². The number of hydrogen-bond donors (Lipinski definition) is 1. The molecule has 102 valence electrons. The molecular formula is C14H21BrFNO. The van der Waals surface area contributed by atoms with Crippen LogP contribution in [0, 0.1) is 5.82 Å². The summed E-state index contributed by atoms with van der Waals surface area (Å²) in [6.07, 6.45) is 2.10. The molecule has 0 heterocycles. The Kier molecular flexibility index (Phi) is 6.82. The fourth-order valence-electron chi connectivity index (χ4n) is 2.06. The van der Waals surface area contributed by atoms with Gasteiger partial charge >= 0.3 is 0 Å². The van der Waals surface area contributed by atoms with Crippen molar-refractivity contribution in [1.82, 2.24) is 5.32 Å². The lowest BCUT2D eigenvalue weighted by Gasteiger charge is -2.23. The van der Waals surface area contributed by atoms with Gasteiger partial charge in [-0.25, -0.2) is 4.39 Å². The van der Waals surface area contributed by atoms with Gasteiger partial charge in [0.05, 0.1) is 6.61 Å². The molecule has 0 saturated heterocycles. The molecule has 18 heavy (non-hydrogen) atoms. The maximum absolute atomic E-state index is 13.8. The highest BCUT2D eigenvalue weighted by molar-refractivity contribution is 9.10. The van der Waals surface area contributed by atoms with Crippen molar-refractivity contribution >= 4 is 15.9 Å². The maximum Gasteiger partial charge on any atom is 0.129 e. The highest BCUT2D eigenvalue weighted by Crippen LogP contribution is 2.21. The van der Waals surface area contributed by atoms with Crippen molar-refractivity contribution in [2.75, 3.05) is 13.7 Å². The molecule has 0 aliphatic rings. The predicted molar refractivity (Wildman–Crippen MR) is 76.2 cm³/mol. The Bertz CT molecular complexity index is 367. The van der Waals surface area contributed by atoms with E-state index in [2.05, 4.69) is 28.2 Å². The largest absolute Gasteiger partial charge is 0.383 e. The molecule has 4 heteroatoms. The van der Waals surface area contributed by atoms with Gasteiger partial charge in [-0.2, -0.15) is 0 Å². The summed E-state index contributed by atoms with van der Waals surface area (Å²) in [4.78, 5) is 0.